The van der Waals surface area contributed by atoms with Crippen LogP contribution in [0.3, 0.4) is 0 Å². The number of aromatic nitrogens is 2. The highest BCUT2D eigenvalue weighted by molar-refractivity contribution is 5.34. The summed E-state index contributed by atoms with van der Waals surface area (Å²) < 4.78 is 0. The van der Waals surface area contributed by atoms with E-state index in [4.69, 9.17) is 0 Å². The second kappa shape index (κ2) is 5.20. The van der Waals surface area contributed by atoms with Gasteiger partial charge >= 0.3 is 0 Å². The quantitative estimate of drug-likeness (QED) is 0.672. The molecule has 0 saturated heterocycles. The first-order chi connectivity index (χ1) is 6.74. The topological polar surface area (TPSA) is 41.1 Å². The molecule has 0 amide bonds. The Labute approximate surface area is 84.4 Å². The monoisotopic (exact) mass is 190 g/mol. The average molecular weight is 190 g/mol. The van der Waals surface area contributed by atoms with Crippen LogP contribution in [0.5, 0.6) is 0 Å². The molecule has 4 heteroatoms. The molecule has 0 bridgehead atoms. The molecule has 0 unspecified atom stereocenters. The van der Waals surface area contributed by atoms with Crippen LogP contribution in [-0.2, 0) is 0 Å². The summed E-state index contributed by atoms with van der Waals surface area (Å²) in [7, 11) is 5.67. The van der Waals surface area contributed by atoms with E-state index in [0.29, 0.717) is 12.5 Å². The van der Waals surface area contributed by atoms with Gasteiger partial charge < -0.3 is 10.2 Å². The van der Waals surface area contributed by atoms with Crippen LogP contribution >= 0.6 is 0 Å². The SMILES string of the molecule is CNCC#Cc1cnc(N(C)C)nc1. The highest BCUT2D eigenvalue weighted by Crippen LogP contribution is 2.01. The van der Waals surface area contributed by atoms with Gasteiger partial charge in [-0.2, -0.15) is 0 Å². The van der Waals surface area contributed by atoms with Crippen molar-refractivity contribution in [2.75, 3.05) is 32.6 Å². The molecule has 0 aliphatic rings. The second-order valence-electron chi connectivity index (χ2n) is 3.00. The Hall–Kier alpha value is -1.60. The minimum absolute atomic E-state index is 0.676. The molecule has 0 aromatic carbocycles. The molecule has 14 heavy (non-hydrogen) atoms. The number of hydrogen-bond donors (Lipinski definition) is 1. The molecule has 1 N–H and O–H groups in total. The van der Waals surface area contributed by atoms with Gasteiger partial charge in [0.25, 0.3) is 0 Å². The molecule has 0 aliphatic carbocycles. The molecule has 74 valence electrons. The Morgan fingerprint density at radius 3 is 2.50 bits per heavy atom. The van der Waals surface area contributed by atoms with E-state index in [9.17, 15) is 0 Å². The molecule has 0 atom stereocenters. The second-order valence-corrected chi connectivity index (χ2v) is 3.00. The molecule has 4 nitrogen and oxygen atoms in total. The van der Waals surface area contributed by atoms with Gasteiger partial charge in [0.2, 0.25) is 5.95 Å². The van der Waals surface area contributed by atoms with Gasteiger partial charge in [0.05, 0.1) is 12.1 Å². The van der Waals surface area contributed by atoms with Crippen molar-refractivity contribution < 1.29 is 0 Å². The number of rotatable bonds is 2. The van der Waals surface area contributed by atoms with Gasteiger partial charge in [0.1, 0.15) is 0 Å². The fourth-order valence-electron chi connectivity index (χ4n) is 0.851. The Bertz CT molecular complexity index is 331. The summed E-state index contributed by atoms with van der Waals surface area (Å²) in [5.74, 6) is 6.60. The smallest absolute Gasteiger partial charge is 0.224 e. The standard InChI is InChI=1S/C10H14N4/c1-11-6-4-5-9-7-12-10(13-8-9)14(2)3/h7-8,11H,6H2,1-3H3. The van der Waals surface area contributed by atoms with Crippen molar-refractivity contribution in [3.8, 4) is 11.8 Å². The van der Waals surface area contributed by atoms with E-state index < -0.39 is 0 Å². The molecule has 0 fully saturated rings. The number of nitrogens with one attached hydrogen (secondary N) is 1. The summed E-state index contributed by atoms with van der Waals surface area (Å²) >= 11 is 0. The van der Waals surface area contributed by atoms with Gasteiger partial charge in [-0.25, -0.2) is 9.97 Å². The van der Waals surface area contributed by atoms with Crippen LogP contribution in [0.2, 0.25) is 0 Å². The average Bonchev–Trinajstić information content (AvgIpc) is 2.19. The van der Waals surface area contributed by atoms with Crippen LogP contribution in [-0.4, -0.2) is 37.7 Å². The van der Waals surface area contributed by atoms with Crippen molar-refractivity contribution >= 4 is 5.95 Å². The lowest BCUT2D eigenvalue weighted by Crippen LogP contribution is -2.12. The molecule has 1 aromatic rings. The zero-order chi connectivity index (χ0) is 10.4. The molecule has 0 saturated carbocycles. The third-order valence-corrected chi connectivity index (χ3v) is 1.54. The third kappa shape index (κ3) is 3.04. The minimum Gasteiger partial charge on any atom is -0.347 e. The van der Waals surface area contributed by atoms with Crippen LogP contribution in [0.15, 0.2) is 12.4 Å². The zero-order valence-corrected chi connectivity index (χ0v) is 8.70. The van der Waals surface area contributed by atoms with Crippen LogP contribution in [0, 0.1) is 11.8 Å². The summed E-state index contributed by atoms with van der Waals surface area (Å²) in [6.45, 7) is 0.676. The molecular weight excluding hydrogens is 176 g/mol. The van der Waals surface area contributed by atoms with E-state index >= 15 is 0 Å². The van der Waals surface area contributed by atoms with Crippen LogP contribution in [0.1, 0.15) is 5.56 Å². The maximum atomic E-state index is 4.15. The first-order valence-corrected chi connectivity index (χ1v) is 4.37. The highest BCUT2D eigenvalue weighted by atomic mass is 15.2. The summed E-state index contributed by atoms with van der Waals surface area (Å²) in [6, 6.07) is 0. The van der Waals surface area contributed by atoms with Gasteiger partial charge in [-0.05, 0) is 7.05 Å². The fraction of sp³-hybridized carbons (Fsp3) is 0.400. The van der Waals surface area contributed by atoms with Gasteiger partial charge in [0, 0.05) is 26.5 Å². The van der Waals surface area contributed by atoms with Crippen LogP contribution < -0.4 is 10.2 Å². The largest absolute Gasteiger partial charge is 0.347 e. The lowest BCUT2D eigenvalue weighted by atomic mass is 10.3. The lowest BCUT2D eigenvalue weighted by molar-refractivity contribution is 0.938. The molecule has 0 spiro atoms. The van der Waals surface area contributed by atoms with E-state index in [1.807, 2.05) is 26.0 Å². The predicted molar refractivity (Wildman–Crippen MR) is 57.2 cm³/mol. The first-order valence-electron chi connectivity index (χ1n) is 4.37. The van der Waals surface area contributed by atoms with Gasteiger partial charge in [0.15, 0.2) is 0 Å². The Morgan fingerprint density at radius 2 is 2.00 bits per heavy atom. The zero-order valence-electron chi connectivity index (χ0n) is 8.70. The third-order valence-electron chi connectivity index (χ3n) is 1.54. The first kappa shape index (κ1) is 10.5. The van der Waals surface area contributed by atoms with E-state index in [2.05, 4.69) is 27.1 Å². The fourth-order valence-corrected chi connectivity index (χ4v) is 0.851. The van der Waals surface area contributed by atoms with E-state index in [0.717, 1.165) is 5.56 Å². The van der Waals surface area contributed by atoms with Crippen molar-refractivity contribution in [2.24, 2.45) is 0 Å². The molecule has 1 heterocycles. The maximum absolute atomic E-state index is 4.15. The van der Waals surface area contributed by atoms with Crippen LogP contribution in [0.25, 0.3) is 0 Å². The van der Waals surface area contributed by atoms with Crippen molar-refractivity contribution in [3.05, 3.63) is 18.0 Å². The number of hydrogen-bond acceptors (Lipinski definition) is 4. The van der Waals surface area contributed by atoms with Crippen molar-refractivity contribution in [1.29, 1.82) is 0 Å². The Morgan fingerprint density at radius 1 is 1.36 bits per heavy atom. The van der Waals surface area contributed by atoms with E-state index in [1.165, 1.54) is 0 Å². The summed E-state index contributed by atoms with van der Waals surface area (Å²) in [6.07, 6.45) is 3.45. The van der Waals surface area contributed by atoms with Crippen molar-refractivity contribution in [3.63, 3.8) is 0 Å². The van der Waals surface area contributed by atoms with Crippen molar-refractivity contribution in [2.45, 2.75) is 0 Å². The van der Waals surface area contributed by atoms with E-state index in [1.54, 1.807) is 12.4 Å². The number of anilines is 1. The molecule has 0 aliphatic heterocycles. The normalized spacial score (nSPS) is 9.07. The number of nitrogens with zero attached hydrogens (tertiary/aromatic N) is 3. The lowest BCUT2D eigenvalue weighted by Gasteiger charge is -2.07. The summed E-state index contributed by atoms with van der Waals surface area (Å²) in [5, 5.41) is 2.94. The Kier molecular flexibility index (Phi) is 3.89. The van der Waals surface area contributed by atoms with Gasteiger partial charge in [-0.3, -0.25) is 0 Å². The summed E-state index contributed by atoms with van der Waals surface area (Å²) in [4.78, 5) is 10.1. The molecule has 1 rings (SSSR count). The summed E-state index contributed by atoms with van der Waals surface area (Å²) in [5.41, 5.74) is 0.839. The highest BCUT2D eigenvalue weighted by Gasteiger charge is 1.96. The van der Waals surface area contributed by atoms with Crippen LogP contribution in [0.4, 0.5) is 5.95 Å². The van der Waals surface area contributed by atoms with Gasteiger partial charge in [-0.15, -0.1) is 0 Å². The minimum atomic E-state index is 0.676. The molecular formula is C10H14N4. The van der Waals surface area contributed by atoms with E-state index in [-0.39, 0.29) is 0 Å². The predicted octanol–water partition coefficient (Wildman–Crippen LogP) is 0.113. The molecule has 1 aromatic heterocycles. The maximum Gasteiger partial charge on any atom is 0.224 e. The van der Waals surface area contributed by atoms with Gasteiger partial charge in [-0.1, -0.05) is 11.8 Å². The van der Waals surface area contributed by atoms with Crippen molar-refractivity contribution in [1.82, 2.24) is 15.3 Å². The Balaban J connectivity index is 2.70. The molecule has 0 radical (unpaired) electrons.